The van der Waals surface area contributed by atoms with E-state index in [1.807, 2.05) is 0 Å². The van der Waals surface area contributed by atoms with E-state index in [1.54, 1.807) is 0 Å². The van der Waals surface area contributed by atoms with Crippen LogP contribution in [-0.4, -0.2) is 37.5 Å². The zero-order valence-corrected chi connectivity index (χ0v) is 11.3. The van der Waals surface area contributed by atoms with Crippen LogP contribution < -0.4 is 5.32 Å². The quantitative estimate of drug-likeness (QED) is 0.583. The first-order chi connectivity index (χ1) is 9.97. The van der Waals surface area contributed by atoms with Gasteiger partial charge in [-0.25, -0.2) is 0 Å². The van der Waals surface area contributed by atoms with Crippen LogP contribution in [0.2, 0.25) is 0 Å². The van der Waals surface area contributed by atoms with Crippen LogP contribution in [0.1, 0.15) is 25.7 Å². The lowest BCUT2D eigenvalue weighted by atomic mass is 10.0. The normalized spacial score (nSPS) is 21.1. The molecule has 1 heterocycles. The van der Waals surface area contributed by atoms with E-state index in [4.69, 9.17) is 5.11 Å². The van der Waals surface area contributed by atoms with Gasteiger partial charge in [-0.2, -0.15) is 0 Å². The summed E-state index contributed by atoms with van der Waals surface area (Å²) < 4.78 is 1.46. The minimum absolute atomic E-state index is 0.121. The topological polar surface area (TPSA) is 127 Å². The van der Waals surface area contributed by atoms with Crippen molar-refractivity contribution in [2.75, 3.05) is 0 Å². The first kappa shape index (κ1) is 14.9. The first-order valence-corrected chi connectivity index (χ1v) is 6.65. The summed E-state index contributed by atoms with van der Waals surface area (Å²) in [5.41, 5.74) is 0. The van der Waals surface area contributed by atoms with Crippen LogP contribution in [0.15, 0.2) is 12.5 Å². The van der Waals surface area contributed by atoms with Crippen LogP contribution in [0, 0.1) is 16.0 Å². The Hall–Kier alpha value is -2.45. The number of aryl methyl sites for hydroxylation is 1. The van der Waals surface area contributed by atoms with Crippen molar-refractivity contribution in [3.63, 3.8) is 0 Å². The third-order valence-corrected chi connectivity index (χ3v) is 3.58. The van der Waals surface area contributed by atoms with Gasteiger partial charge in [-0.05, 0) is 22.7 Å². The van der Waals surface area contributed by atoms with Crippen molar-refractivity contribution in [3.05, 3.63) is 22.6 Å². The van der Waals surface area contributed by atoms with E-state index in [0.29, 0.717) is 12.8 Å². The molecule has 0 spiro atoms. The van der Waals surface area contributed by atoms with Crippen molar-refractivity contribution in [2.24, 2.45) is 5.92 Å². The van der Waals surface area contributed by atoms with Gasteiger partial charge < -0.3 is 25.1 Å². The standard InChI is InChI=1S/C12H16N4O5/c17-11(14-9-3-1-2-8(9)12(18)19)4-5-15-6-10(13-7-15)16(20)21/h6-9H,1-5H2,(H,14,17)(H,18,19). The highest BCUT2D eigenvalue weighted by Crippen LogP contribution is 2.25. The number of carboxylic acids is 1. The Morgan fingerprint density at radius 3 is 2.90 bits per heavy atom. The maximum Gasteiger partial charge on any atom is 0.381 e. The summed E-state index contributed by atoms with van der Waals surface area (Å²) in [5, 5.41) is 22.2. The average molecular weight is 296 g/mol. The highest BCUT2D eigenvalue weighted by molar-refractivity contribution is 5.78. The summed E-state index contributed by atoms with van der Waals surface area (Å²) in [5.74, 6) is -1.94. The number of imidazole rings is 1. The fraction of sp³-hybridized carbons (Fsp3) is 0.583. The summed E-state index contributed by atoms with van der Waals surface area (Å²) >= 11 is 0. The molecule has 0 saturated heterocycles. The smallest absolute Gasteiger partial charge is 0.381 e. The van der Waals surface area contributed by atoms with Crippen LogP contribution in [0.4, 0.5) is 5.82 Å². The van der Waals surface area contributed by atoms with Gasteiger partial charge in [0.25, 0.3) is 0 Å². The van der Waals surface area contributed by atoms with Gasteiger partial charge in [-0.15, -0.1) is 0 Å². The first-order valence-electron chi connectivity index (χ1n) is 6.65. The van der Waals surface area contributed by atoms with Gasteiger partial charge >= 0.3 is 11.8 Å². The monoisotopic (exact) mass is 296 g/mol. The molecule has 1 fully saturated rings. The van der Waals surface area contributed by atoms with Gasteiger partial charge in [0, 0.05) is 19.0 Å². The maximum atomic E-state index is 11.8. The lowest BCUT2D eigenvalue weighted by Crippen LogP contribution is -2.40. The maximum absolute atomic E-state index is 11.8. The molecule has 9 nitrogen and oxygen atoms in total. The summed E-state index contributed by atoms with van der Waals surface area (Å²) in [6.07, 6.45) is 4.70. The summed E-state index contributed by atoms with van der Waals surface area (Å²) in [6.45, 7) is 0.261. The molecule has 114 valence electrons. The molecule has 0 bridgehead atoms. The van der Waals surface area contributed by atoms with E-state index in [1.165, 1.54) is 17.1 Å². The van der Waals surface area contributed by atoms with Crippen LogP contribution in [-0.2, 0) is 16.1 Å². The fourth-order valence-electron chi connectivity index (χ4n) is 2.50. The van der Waals surface area contributed by atoms with Crippen molar-refractivity contribution in [1.29, 1.82) is 0 Å². The van der Waals surface area contributed by atoms with Crippen molar-refractivity contribution in [1.82, 2.24) is 14.9 Å². The Labute approximate surface area is 120 Å². The van der Waals surface area contributed by atoms with Crippen LogP contribution in [0.5, 0.6) is 0 Å². The SMILES string of the molecule is O=C(CCn1cnc([N+](=O)[O-])c1)NC1CCCC1C(=O)O. The van der Waals surface area contributed by atoms with Gasteiger partial charge in [0.2, 0.25) is 12.2 Å². The molecular formula is C12H16N4O5. The van der Waals surface area contributed by atoms with Gasteiger partial charge in [0.1, 0.15) is 6.20 Å². The average Bonchev–Trinajstić information content (AvgIpc) is 3.04. The number of hydrogen-bond donors (Lipinski definition) is 2. The van der Waals surface area contributed by atoms with Crippen molar-refractivity contribution >= 4 is 17.7 Å². The Kier molecular flexibility index (Phi) is 4.51. The highest BCUT2D eigenvalue weighted by Gasteiger charge is 2.33. The van der Waals surface area contributed by atoms with Gasteiger partial charge in [-0.1, -0.05) is 6.42 Å². The molecule has 0 radical (unpaired) electrons. The molecule has 0 aliphatic heterocycles. The Bertz CT molecular complexity index is 556. The number of nitrogens with one attached hydrogen (secondary N) is 1. The van der Waals surface area contributed by atoms with Crippen LogP contribution >= 0.6 is 0 Å². The molecule has 1 aromatic heterocycles. The predicted molar refractivity (Wildman–Crippen MR) is 70.4 cm³/mol. The molecule has 9 heteroatoms. The van der Waals surface area contributed by atoms with Crippen molar-refractivity contribution in [3.8, 4) is 0 Å². The van der Waals surface area contributed by atoms with E-state index in [2.05, 4.69) is 10.3 Å². The number of nitro groups is 1. The number of rotatable bonds is 6. The second-order valence-electron chi connectivity index (χ2n) is 5.03. The number of aromatic nitrogens is 2. The zero-order chi connectivity index (χ0) is 15.4. The van der Waals surface area contributed by atoms with E-state index in [0.717, 1.165) is 6.42 Å². The third-order valence-electron chi connectivity index (χ3n) is 3.58. The molecule has 1 aliphatic rings. The Morgan fingerprint density at radius 1 is 1.52 bits per heavy atom. The van der Waals surface area contributed by atoms with Crippen molar-refractivity contribution < 1.29 is 19.6 Å². The largest absolute Gasteiger partial charge is 0.481 e. The highest BCUT2D eigenvalue weighted by atomic mass is 16.6. The van der Waals surface area contributed by atoms with Gasteiger partial charge in [0.15, 0.2) is 0 Å². The fourth-order valence-corrected chi connectivity index (χ4v) is 2.50. The summed E-state index contributed by atoms with van der Waals surface area (Å²) in [7, 11) is 0. The Balaban J connectivity index is 1.81. The second kappa shape index (κ2) is 6.33. The van der Waals surface area contributed by atoms with E-state index in [-0.39, 0.29) is 30.7 Å². The van der Waals surface area contributed by atoms with Gasteiger partial charge in [-0.3, -0.25) is 9.59 Å². The molecule has 2 N–H and O–H groups in total. The number of carbonyl (C=O) groups excluding carboxylic acids is 1. The number of carboxylic acid groups (broad SMARTS) is 1. The van der Waals surface area contributed by atoms with Gasteiger partial charge in [0.05, 0.1) is 5.92 Å². The zero-order valence-electron chi connectivity index (χ0n) is 11.3. The number of amides is 1. The molecule has 2 unspecified atom stereocenters. The number of aliphatic carboxylic acids is 1. The molecular weight excluding hydrogens is 280 g/mol. The third kappa shape index (κ3) is 3.77. The molecule has 21 heavy (non-hydrogen) atoms. The summed E-state index contributed by atoms with van der Waals surface area (Å²) in [4.78, 5) is 36.3. The second-order valence-corrected chi connectivity index (χ2v) is 5.03. The Morgan fingerprint density at radius 2 is 2.29 bits per heavy atom. The van der Waals surface area contributed by atoms with E-state index >= 15 is 0 Å². The number of nitrogens with zero attached hydrogens (tertiary/aromatic N) is 3. The van der Waals surface area contributed by atoms with Crippen molar-refractivity contribution in [2.45, 2.75) is 38.3 Å². The number of carbonyl (C=O) groups is 2. The molecule has 2 rings (SSSR count). The van der Waals surface area contributed by atoms with E-state index in [9.17, 15) is 19.7 Å². The molecule has 1 aliphatic carbocycles. The minimum atomic E-state index is -0.886. The molecule has 2 atom stereocenters. The van der Waals surface area contributed by atoms with Crippen LogP contribution in [0.3, 0.4) is 0 Å². The predicted octanol–water partition coefficient (Wildman–Crippen LogP) is 0.551. The molecule has 1 saturated carbocycles. The molecule has 1 aromatic rings. The molecule has 1 amide bonds. The lowest BCUT2D eigenvalue weighted by molar-refractivity contribution is -0.389. The summed E-state index contributed by atoms with van der Waals surface area (Å²) in [6, 6.07) is -0.327. The van der Waals surface area contributed by atoms with Crippen LogP contribution in [0.25, 0.3) is 0 Å². The number of hydrogen-bond acceptors (Lipinski definition) is 5. The van der Waals surface area contributed by atoms with E-state index < -0.39 is 16.8 Å². The lowest BCUT2D eigenvalue weighted by Gasteiger charge is -2.17. The molecule has 0 aromatic carbocycles. The minimum Gasteiger partial charge on any atom is -0.481 e.